The Labute approximate surface area is 131 Å². The molecule has 1 aliphatic carbocycles. The number of phenols is 1. The second-order valence-electron chi connectivity index (χ2n) is 6.56. The fourth-order valence-electron chi connectivity index (χ4n) is 3.38. The molecule has 1 saturated carbocycles. The van der Waals surface area contributed by atoms with Gasteiger partial charge in [-0.15, -0.1) is 0 Å². The first-order valence-corrected chi connectivity index (χ1v) is 8.48. The molecule has 1 aromatic carbocycles. The molecule has 0 aromatic heterocycles. The second-order valence-corrected chi connectivity index (χ2v) is 7.42. The molecular weight excluding hydrogens is 314 g/mol. The van der Waals surface area contributed by atoms with Gasteiger partial charge in [-0.05, 0) is 52.6 Å². The smallest absolute Gasteiger partial charge is 0.134 e. The Bertz CT molecular complexity index is 447. The van der Waals surface area contributed by atoms with Crippen LogP contribution in [-0.4, -0.2) is 11.1 Å². The van der Waals surface area contributed by atoms with E-state index in [1.165, 1.54) is 19.3 Å². The maximum atomic E-state index is 10.1. The summed E-state index contributed by atoms with van der Waals surface area (Å²) in [6.07, 6.45) is 3.92. The first kappa shape index (κ1) is 15.8. The summed E-state index contributed by atoms with van der Waals surface area (Å²) in [5.41, 5.74) is 0.972. The molecule has 0 amide bonds. The van der Waals surface area contributed by atoms with Crippen molar-refractivity contribution in [2.24, 2.45) is 17.8 Å². The van der Waals surface area contributed by atoms with Gasteiger partial charge in [0.2, 0.25) is 0 Å². The highest BCUT2D eigenvalue weighted by Crippen LogP contribution is 2.34. The fraction of sp³-hybridized carbons (Fsp3) is 0.647. The monoisotopic (exact) mass is 339 g/mol. The lowest BCUT2D eigenvalue weighted by molar-refractivity contribution is 0.169. The Hall–Kier alpha value is -0.540. The normalized spacial score (nSPS) is 26.9. The van der Waals surface area contributed by atoms with Gasteiger partial charge in [-0.3, -0.25) is 0 Å². The van der Waals surface area contributed by atoms with Crippen LogP contribution in [0.4, 0.5) is 0 Å². The van der Waals surface area contributed by atoms with Crippen LogP contribution in [0.3, 0.4) is 0 Å². The van der Waals surface area contributed by atoms with Crippen LogP contribution in [0.25, 0.3) is 0 Å². The van der Waals surface area contributed by atoms with Gasteiger partial charge in [0, 0.05) is 18.2 Å². The molecule has 0 heterocycles. The molecule has 3 atom stereocenters. The van der Waals surface area contributed by atoms with E-state index < -0.39 is 0 Å². The molecule has 0 aliphatic heterocycles. The summed E-state index contributed by atoms with van der Waals surface area (Å²) in [7, 11) is 0. The van der Waals surface area contributed by atoms with E-state index in [0.717, 1.165) is 34.3 Å². The van der Waals surface area contributed by atoms with Crippen molar-refractivity contribution in [1.82, 2.24) is 5.32 Å². The van der Waals surface area contributed by atoms with Crippen molar-refractivity contribution >= 4 is 15.9 Å². The standard InChI is InChI=1S/C17H26BrNO/c1-11(2)14-8-7-12(3)9-16(14)19-10-13-5-4-6-15(18)17(13)20/h4-6,11-12,14,16,19-20H,7-10H2,1-3H3. The average Bonchev–Trinajstić information content (AvgIpc) is 2.40. The third kappa shape index (κ3) is 3.76. The number of rotatable bonds is 4. The van der Waals surface area contributed by atoms with Crippen molar-refractivity contribution in [2.75, 3.05) is 0 Å². The highest BCUT2D eigenvalue weighted by Gasteiger charge is 2.30. The van der Waals surface area contributed by atoms with E-state index in [2.05, 4.69) is 42.0 Å². The maximum Gasteiger partial charge on any atom is 0.134 e. The zero-order valence-corrected chi connectivity index (χ0v) is 14.3. The number of hydrogen-bond donors (Lipinski definition) is 2. The quantitative estimate of drug-likeness (QED) is 0.832. The Morgan fingerprint density at radius 2 is 2.10 bits per heavy atom. The molecule has 1 aromatic rings. The summed E-state index contributed by atoms with van der Waals surface area (Å²) in [4.78, 5) is 0. The minimum absolute atomic E-state index is 0.366. The van der Waals surface area contributed by atoms with Gasteiger partial charge in [0.1, 0.15) is 5.75 Å². The summed E-state index contributed by atoms with van der Waals surface area (Å²) in [6, 6.07) is 6.41. The number of halogens is 1. The fourth-order valence-corrected chi connectivity index (χ4v) is 3.79. The van der Waals surface area contributed by atoms with Crippen LogP contribution in [0.5, 0.6) is 5.75 Å². The first-order chi connectivity index (χ1) is 9.49. The minimum atomic E-state index is 0.366. The van der Waals surface area contributed by atoms with E-state index in [-0.39, 0.29) is 0 Å². The van der Waals surface area contributed by atoms with E-state index in [4.69, 9.17) is 0 Å². The summed E-state index contributed by atoms with van der Waals surface area (Å²) in [5, 5.41) is 13.8. The van der Waals surface area contributed by atoms with Gasteiger partial charge < -0.3 is 10.4 Å². The molecule has 0 saturated heterocycles. The maximum absolute atomic E-state index is 10.1. The third-order valence-electron chi connectivity index (χ3n) is 4.65. The largest absolute Gasteiger partial charge is 0.506 e. The topological polar surface area (TPSA) is 32.3 Å². The van der Waals surface area contributed by atoms with Crippen molar-refractivity contribution < 1.29 is 5.11 Å². The highest BCUT2D eigenvalue weighted by atomic mass is 79.9. The Kier molecular flexibility index (Phi) is 5.50. The van der Waals surface area contributed by atoms with Crippen LogP contribution in [0.2, 0.25) is 0 Å². The van der Waals surface area contributed by atoms with Gasteiger partial charge in [0.15, 0.2) is 0 Å². The molecule has 3 unspecified atom stereocenters. The van der Waals surface area contributed by atoms with Crippen molar-refractivity contribution in [3.63, 3.8) is 0 Å². The molecule has 0 spiro atoms. The molecule has 20 heavy (non-hydrogen) atoms. The van der Waals surface area contributed by atoms with E-state index >= 15 is 0 Å². The number of benzene rings is 1. The number of phenolic OH excluding ortho intramolecular Hbond substituents is 1. The van der Waals surface area contributed by atoms with Gasteiger partial charge >= 0.3 is 0 Å². The second kappa shape index (κ2) is 6.95. The minimum Gasteiger partial charge on any atom is -0.506 e. The number of hydrogen-bond acceptors (Lipinski definition) is 2. The van der Waals surface area contributed by atoms with Crippen LogP contribution in [0, 0.1) is 17.8 Å². The van der Waals surface area contributed by atoms with Crippen molar-refractivity contribution in [2.45, 2.75) is 52.6 Å². The molecule has 0 bridgehead atoms. The molecule has 112 valence electrons. The van der Waals surface area contributed by atoms with Gasteiger partial charge in [-0.2, -0.15) is 0 Å². The van der Waals surface area contributed by atoms with Crippen molar-refractivity contribution in [3.05, 3.63) is 28.2 Å². The molecule has 0 radical (unpaired) electrons. The average molecular weight is 340 g/mol. The molecule has 1 aliphatic rings. The van der Waals surface area contributed by atoms with Crippen LogP contribution >= 0.6 is 15.9 Å². The van der Waals surface area contributed by atoms with Crippen LogP contribution in [-0.2, 0) is 6.54 Å². The van der Waals surface area contributed by atoms with Crippen LogP contribution in [0.1, 0.15) is 45.6 Å². The third-order valence-corrected chi connectivity index (χ3v) is 5.29. The van der Waals surface area contributed by atoms with E-state index in [1.54, 1.807) is 0 Å². The highest BCUT2D eigenvalue weighted by molar-refractivity contribution is 9.10. The Morgan fingerprint density at radius 1 is 1.35 bits per heavy atom. The summed E-state index contributed by atoms with van der Waals surface area (Å²) in [5.74, 6) is 2.64. The van der Waals surface area contributed by atoms with Gasteiger partial charge in [0.25, 0.3) is 0 Å². The van der Waals surface area contributed by atoms with E-state index in [1.807, 2.05) is 18.2 Å². The van der Waals surface area contributed by atoms with E-state index in [9.17, 15) is 5.11 Å². The predicted molar refractivity (Wildman–Crippen MR) is 87.8 cm³/mol. The molecule has 2 N–H and O–H groups in total. The summed E-state index contributed by atoms with van der Waals surface area (Å²) < 4.78 is 0.772. The van der Waals surface area contributed by atoms with E-state index in [0.29, 0.717) is 11.8 Å². The predicted octanol–water partition coefficient (Wildman–Crippen LogP) is 4.71. The number of aromatic hydroxyl groups is 1. The molecule has 1 fully saturated rings. The SMILES string of the molecule is CC1CCC(C(C)C)C(NCc2cccc(Br)c2O)C1. The number of para-hydroxylation sites is 1. The molecule has 3 heteroatoms. The molecule has 2 rings (SSSR count). The van der Waals surface area contributed by atoms with Gasteiger partial charge in [-0.1, -0.05) is 39.3 Å². The lowest BCUT2D eigenvalue weighted by Crippen LogP contribution is -2.42. The number of nitrogens with one attached hydrogen (secondary N) is 1. The zero-order chi connectivity index (χ0) is 14.7. The Balaban J connectivity index is 2.02. The van der Waals surface area contributed by atoms with Gasteiger partial charge in [0.05, 0.1) is 4.47 Å². The van der Waals surface area contributed by atoms with Crippen molar-refractivity contribution in [3.8, 4) is 5.75 Å². The zero-order valence-electron chi connectivity index (χ0n) is 12.7. The van der Waals surface area contributed by atoms with Gasteiger partial charge in [-0.25, -0.2) is 0 Å². The summed E-state index contributed by atoms with van der Waals surface area (Å²) in [6.45, 7) is 7.74. The van der Waals surface area contributed by atoms with Crippen LogP contribution < -0.4 is 5.32 Å². The lowest BCUT2D eigenvalue weighted by atomic mass is 9.74. The first-order valence-electron chi connectivity index (χ1n) is 7.68. The van der Waals surface area contributed by atoms with Crippen LogP contribution in [0.15, 0.2) is 22.7 Å². The van der Waals surface area contributed by atoms with Crippen molar-refractivity contribution in [1.29, 1.82) is 0 Å². The lowest BCUT2D eigenvalue weighted by Gasteiger charge is -2.38. The molecular formula is C17H26BrNO. The Morgan fingerprint density at radius 3 is 2.80 bits per heavy atom. The molecule has 2 nitrogen and oxygen atoms in total. The summed E-state index contributed by atoms with van der Waals surface area (Å²) >= 11 is 3.38.